The zero-order chi connectivity index (χ0) is 16.7. The number of ether oxygens (including phenoxy) is 1. The minimum Gasteiger partial charge on any atom is -0.487 e. The first kappa shape index (κ1) is 17.0. The fourth-order valence-electron chi connectivity index (χ4n) is 2.06. The Balaban J connectivity index is 2.03. The summed E-state index contributed by atoms with van der Waals surface area (Å²) in [5, 5.41) is 4.66. The fourth-order valence-corrected chi connectivity index (χ4v) is 2.18. The molecule has 0 saturated heterocycles. The lowest BCUT2D eigenvalue weighted by molar-refractivity contribution is -0.116. The number of ketones is 1. The van der Waals surface area contributed by atoms with E-state index in [9.17, 15) is 4.79 Å². The minimum atomic E-state index is 0.135. The van der Waals surface area contributed by atoms with Crippen molar-refractivity contribution in [1.29, 1.82) is 0 Å². The summed E-state index contributed by atoms with van der Waals surface area (Å²) in [6.07, 6.45) is 0.432. The number of hydrogen-bond donors (Lipinski definition) is 0. The van der Waals surface area contributed by atoms with E-state index in [0.29, 0.717) is 22.9 Å². The maximum absolute atomic E-state index is 11.1. The maximum atomic E-state index is 11.1. The van der Waals surface area contributed by atoms with Crippen LogP contribution >= 0.6 is 11.6 Å². The average Bonchev–Trinajstić information content (AvgIpc) is 2.53. The highest BCUT2D eigenvalue weighted by Gasteiger charge is 2.07. The van der Waals surface area contributed by atoms with E-state index in [1.54, 1.807) is 19.1 Å². The fraction of sp³-hybridized carbons (Fsp3) is 0.222. The van der Waals surface area contributed by atoms with Gasteiger partial charge in [0, 0.05) is 17.0 Å². The molecule has 0 bridgehead atoms. The van der Waals surface area contributed by atoms with E-state index >= 15 is 0 Å². The van der Waals surface area contributed by atoms with Crippen LogP contribution in [0.4, 0.5) is 0 Å². The summed E-state index contributed by atoms with van der Waals surface area (Å²) in [4.78, 5) is 16.0. The van der Waals surface area contributed by atoms with Gasteiger partial charge in [-0.15, -0.1) is 0 Å². The highest BCUT2D eigenvalue weighted by atomic mass is 35.5. The zero-order valence-electron chi connectivity index (χ0n) is 13.1. The minimum absolute atomic E-state index is 0.135. The third-order valence-corrected chi connectivity index (χ3v) is 3.38. The number of halogens is 1. The Morgan fingerprint density at radius 2 is 1.74 bits per heavy atom. The van der Waals surface area contributed by atoms with Crippen LogP contribution in [0.3, 0.4) is 0 Å². The third-order valence-electron chi connectivity index (χ3n) is 3.13. The molecule has 120 valence electrons. The van der Waals surface area contributed by atoms with E-state index in [4.69, 9.17) is 21.2 Å². The average molecular weight is 332 g/mol. The molecule has 0 radical (unpaired) electrons. The van der Waals surface area contributed by atoms with Crippen LogP contribution in [-0.4, -0.2) is 25.2 Å². The van der Waals surface area contributed by atoms with Crippen LogP contribution < -0.4 is 4.74 Å². The van der Waals surface area contributed by atoms with Gasteiger partial charge in [0.15, 0.2) is 0 Å². The van der Waals surface area contributed by atoms with Gasteiger partial charge in [-0.25, -0.2) is 0 Å². The molecule has 0 N–H and O–H groups in total. The van der Waals surface area contributed by atoms with Crippen molar-refractivity contribution in [3.63, 3.8) is 0 Å². The van der Waals surface area contributed by atoms with Gasteiger partial charge in [-0.1, -0.05) is 41.0 Å². The Morgan fingerprint density at radius 1 is 1.09 bits per heavy atom. The molecule has 0 saturated carbocycles. The SMILES string of the molecule is CO/N=C(/COc1ccc(CC(C)=O)cc1)c1ccc(Cl)cc1. The molecule has 0 aromatic heterocycles. The second-order valence-corrected chi connectivity index (χ2v) is 5.48. The lowest BCUT2D eigenvalue weighted by Crippen LogP contribution is -2.13. The Morgan fingerprint density at radius 3 is 2.30 bits per heavy atom. The molecule has 0 unspecified atom stereocenters. The first-order valence-electron chi connectivity index (χ1n) is 7.15. The van der Waals surface area contributed by atoms with Crippen molar-refractivity contribution in [3.8, 4) is 5.75 Å². The smallest absolute Gasteiger partial charge is 0.134 e. The highest BCUT2D eigenvalue weighted by Crippen LogP contribution is 2.15. The molecule has 0 aliphatic heterocycles. The molecule has 0 aliphatic carbocycles. The molecule has 2 rings (SSSR count). The predicted octanol–water partition coefficient (Wildman–Crippen LogP) is 3.90. The molecule has 0 fully saturated rings. The Kier molecular flexibility index (Phi) is 6.18. The number of oxime groups is 1. The van der Waals surface area contributed by atoms with Crippen LogP contribution in [0.15, 0.2) is 53.7 Å². The van der Waals surface area contributed by atoms with Crippen molar-refractivity contribution >= 4 is 23.1 Å². The lowest BCUT2D eigenvalue weighted by atomic mass is 10.1. The second kappa shape index (κ2) is 8.34. The number of nitrogens with zero attached hydrogens (tertiary/aromatic N) is 1. The van der Waals surface area contributed by atoms with Crippen LogP contribution in [0.25, 0.3) is 0 Å². The first-order chi connectivity index (χ1) is 11.1. The van der Waals surface area contributed by atoms with Crippen LogP contribution in [0.2, 0.25) is 5.02 Å². The Hall–Kier alpha value is -2.33. The number of carbonyl (C=O) groups is 1. The van der Waals surface area contributed by atoms with Crippen molar-refractivity contribution in [1.82, 2.24) is 0 Å². The van der Waals surface area contributed by atoms with Gasteiger partial charge in [-0.05, 0) is 36.8 Å². The van der Waals surface area contributed by atoms with Crippen molar-refractivity contribution in [2.24, 2.45) is 5.16 Å². The highest BCUT2D eigenvalue weighted by molar-refractivity contribution is 6.30. The van der Waals surface area contributed by atoms with E-state index in [0.717, 1.165) is 11.1 Å². The van der Waals surface area contributed by atoms with Crippen LogP contribution in [0, 0.1) is 0 Å². The van der Waals surface area contributed by atoms with E-state index in [-0.39, 0.29) is 12.4 Å². The predicted molar refractivity (Wildman–Crippen MR) is 91.3 cm³/mol. The topological polar surface area (TPSA) is 47.9 Å². The summed E-state index contributed by atoms with van der Waals surface area (Å²) in [5.41, 5.74) is 2.51. The lowest BCUT2D eigenvalue weighted by Gasteiger charge is -2.09. The molecular weight excluding hydrogens is 314 g/mol. The standard InChI is InChI=1S/C18H18ClNO3/c1-13(21)11-14-3-9-17(10-4-14)23-12-18(20-22-2)15-5-7-16(19)8-6-15/h3-10H,11-12H2,1-2H3/b20-18-. The molecule has 5 heteroatoms. The van der Waals surface area contributed by atoms with Gasteiger partial charge in [0.25, 0.3) is 0 Å². The van der Waals surface area contributed by atoms with Crippen molar-refractivity contribution < 1.29 is 14.4 Å². The van der Waals surface area contributed by atoms with Crippen LogP contribution in [0.5, 0.6) is 5.75 Å². The molecule has 0 amide bonds. The van der Waals surface area contributed by atoms with Gasteiger partial charge < -0.3 is 9.57 Å². The summed E-state index contributed by atoms with van der Waals surface area (Å²) >= 11 is 5.89. The molecule has 4 nitrogen and oxygen atoms in total. The summed E-state index contributed by atoms with van der Waals surface area (Å²) in [5.74, 6) is 0.839. The van der Waals surface area contributed by atoms with Gasteiger partial charge in [-0.3, -0.25) is 4.79 Å². The van der Waals surface area contributed by atoms with Gasteiger partial charge in [0.1, 0.15) is 31.0 Å². The quantitative estimate of drug-likeness (QED) is 0.571. The van der Waals surface area contributed by atoms with Crippen LogP contribution in [-0.2, 0) is 16.1 Å². The molecule has 0 atom stereocenters. The number of benzene rings is 2. The summed E-state index contributed by atoms with van der Waals surface area (Å²) in [7, 11) is 1.49. The second-order valence-electron chi connectivity index (χ2n) is 5.04. The monoisotopic (exact) mass is 331 g/mol. The molecular formula is C18H18ClNO3. The number of hydrogen-bond acceptors (Lipinski definition) is 4. The first-order valence-corrected chi connectivity index (χ1v) is 7.53. The molecule has 2 aromatic carbocycles. The van der Waals surface area contributed by atoms with E-state index in [1.807, 2.05) is 36.4 Å². The molecule has 0 heterocycles. The van der Waals surface area contributed by atoms with Gasteiger partial charge in [-0.2, -0.15) is 0 Å². The summed E-state index contributed by atoms with van der Waals surface area (Å²) in [6, 6.07) is 14.7. The van der Waals surface area contributed by atoms with E-state index < -0.39 is 0 Å². The molecule has 0 spiro atoms. The molecule has 2 aromatic rings. The largest absolute Gasteiger partial charge is 0.487 e. The van der Waals surface area contributed by atoms with E-state index in [1.165, 1.54) is 7.11 Å². The zero-order valence-corrected chi connectivity index (χ0v) is 13.8. The Bertz CT molecular complexity index is 678. The van der Waals surface area contributed by atoms with E-state index in [2.05, 4.69) is 5.16 Å². The van der Waals surface area contributed by atoms with Crippen molar-refractivity contribution in [2.45, 2.75) is 13.3 Å². The normalized spacial score (nSPS) is 11.2. The third kappa shape index (κ3) is 5.42. The molecule has 0 aliphatic rings. The maximum Gasteiger partial charge on any atom is 0.134 e. The number of Topliss-reactive ketones (excluding diaryl/α,β-unsaturated/α-hetero) is 1. The van der Waals surface area contributed by atoms with Gasteiger partial charge in [0.05, 0.1) is 0 Å². The van der Waals surface area contributed by atoms with Crippen molar-refractivity contribution in [3.05, 3.63) is 64.7 Å². The molecule has 23 heavy (non-hydrogen) atoms. The number of rotatable bonds is 7. The van der Waals surface area contributed by atoms with Crippen LogP contribution in [0.1, 0.15) is 18.1 Å². The number of carbonyl (C=O) groups excluding carboxylic acids is 1. The summed E-state index contributed by atoms with van der Waals surface area (Å²) in [6.45, 7) is 1.84. The van der Waals surface area contributed by atoms with Gasteiger partial charge in [0.2, 0.25) is 0 Å². The Labute approximate surface area is 140 Å². The van der Waals surface area contributed by atoms with Crippen molar-refractivity contribution in [2.75, 3.05) is 13.7 Å². The van der Waals surface area contributed by atoms with Gasteiger partial charge >= 0.3 is 0 Å². The summed E-state index contributed by atoms with van der Waals surface area (Å²) < 4.78 is 5.74.